The normalized spacial score (nSPS) is 41.2. The van der Waals surface area contributed by atoms with Gasteiger partial charge in [0.05, 0.1) is 7.11 Å². The molecule has 4 aliphatic carbocycles. The van der Waals surface area contributed by atoms with Gasteiger partial charge in [-0.2, -0.15) is 0 Å². The maximum atomic E-state index is 12.1. The summed E-state index contributed by atoms with van der Waals surface area (Å²) < 4.78 is 0. The second-order valence-electron chi connectivity index (χ2n) is 10.8. The van der Waals surface area contributed by atoms with E-state index >= 15 is 0 Å². The highest BCUT2D eigenvalue weighted by atomic mass is 16.7. The molecule has 3 fully saturated rings. The SMILES string of the molecule is CON(C)C(=O)CCC[C@H]1CC[C@H]2[C@@H]3CC=C4CC(=O)CC[C@]4(C)[C@H]3CC[C@]12C. The predicted molar refractivity (Wildman–Crippen MR) is 114 cm³/mol. The highest BCUT2D eigenvalue weighted by molar-refractivity contribution is 5.82. The lowest BCUT2D eigenvalue weighted by atomic mass is 9.47. The second kappa shape index (κ2) is 7.83. The number of hydrogen-bond donors (Lipinski definition) is 0. The minimum absolute atomic E-state index is 0.0839. The fourth-order valence-electron chi connectivity index (χ4n) is 7.82. The first-order chi connectivity index (χ1) is 13.8. The molecule has 4 nitrogen and oxygen atoms in total. The third-order valence-electron chi connectivity index (χ3n) is 9.70. The summed E-state index contributed by atoms with van der Waals surface area (Å²) in [4.78, 5) is 29.1. The van der Waals surface area contributed by atoms with E-state index in [4.69, 9.17) is 4.84 Å². The fraction of sp³-hybridized carbons (Fsp3) is 0.840. The summed E-state index contributed by atoms with van der Waals surface area (Å²) >= 11 is 0. The number of rotatable bonds is 5. The van der Waals surface area contributed by atoms with Crippen LogP contribution in [0, 0.1) is 34.5 Å². The Labute approximate surface area is 176 Å². The van der Waals surface area contributed by atoms with Crippen LogP contribution in [0.3, 0.4) is 0 Å². The standard InChI is InChI=1S/C25H39NO3/c1-24-15-13-22-20(10-8-18-16-19(27)12-14-25(18,22)2)21(24)11-9-17(24)6-5-7-23(28)26(3)29-4/h8,17,20-22H,5-7,9-16H2,1-4H3/t17-,20-,21-,22-,24+,25-/m0/s1. The number of hydroxylamine groups is 2. The lowest BCUT2D eigenvalue weighted by Crippen LogP contribution is -2.50. The van der Waals surface area contributed by atoms with Crippen LogP contribution in [0.5, 0.6) is 0 Å². The topological polar surface area (TPSA) is 46.6 Å². The van der Waals surface area contributed by atoms with E-state index in [-0.39, 0.29) is 11.3 Å². The lowest BCUT2D eigenvalue weighted by molar-refractivity contribution is -0.168. The van der Waals surface area contributed by atoms with Gasteiger partial charge in [0, 0.05) is 26.3 Å². The molecule has 3 saturated carbocycles. The van der Waals surface area contributed by atoms with Crippen molar-refractivity contribution in [1.29, 1.82) is 0 Å². The van der Waals surface area contributed by atoms with Gasteiger partial charge in [-0.05, 0) is 85.9 Å². The molecule has 0 saturated heterocycles. The van der Waals surface area contributed by atoms with E-state index in [1.165, 1.54) is 49.2 Å². The lowest BCUT2D eigenvalue weighted by Gasteiger charge is -2.57. The molecule has 162 valence electrons. The molecule has 0 aromatic carbocycles. The number of fused-ring (bicyclic) bond motifs is 5. The molecular weight excluding hydrogens is 362 g/mol. The van der Waals surface area contributed by atoms with Crippen LogP contribution in [0.1, 0.15) is 84.5 Å². The van der Waals surface area contributed by atoms with Gasteiger partial charge in [-0.1, -0.05) is 25.5 Å². The van der Waals surface area contributed by atoms with Crippen LogP contribution < -0.4 is 0 Å². The highest BCUT2D eigenvalue weighted by Gasteiger charge is 2.58. The van der Waals surface area contributed by atoms with Crippen molar-refractivity contribution in [2.75, 3.05) is 14.2 Å². The quantitative estimate of drug-likeness (QED) is 0.462. The maximum Gasteiger partial charge on any atom is 0.245 e. The van der Waals surface area contributed by atoms with Gasteiger partial charge in [-0.25, -0.2) is 5.06 Å². The summed E-state index contributed by atoms with van der Waals surface area (Å²) in [6.45, 7) is 5.02. The average Bonchev–Trinajstić information content (AvgIpc) is 3.04. The van der Waals surface area contributed by atoms with Crippen molar-refractivity contribution < 1.29 is 14.4 Å². The summed E-state index contributed by atoms with van der Waals surface area (Å²) in [5.74, 6) is 3.66. The predicted octanol–water partition coefficient (Wildman–Crippen LogP) is 5.32. The number of amides is 1. The van der Waals surface area contributed by atoms with Gasteiger partial charge in [0.1, 0.15) is 5.78 Å². The first-order valence-corrected chi connectivity index (χ1v) is 11.8. The van der Waals surface area contributed by atoms with Crippen LogP contribution >= 0.6 is 0 Å². The van der Waals surface area contributed by atoms with E-state index in [9.17, 15) is 9.59 Å². The smallest absolute Gasteiger partial charge is 0.245 e. The van der Waals surface area contributed by atoms with E-state index in [0.717, 1.165) is 42.9 Å². The number of Topliss-reactive ketones (excluding diaryl/α,β-unsaturated/α-hetero) is 1. The van der Waals surface area contributed by atoms with Crippen LogP contribution in [0.2, 0.25) is 0 Å². The van der Waals surface area contributed by atoms with E-state index in [2.05, 4.69) is 19.9 Å². The Morgan fingerprint density at radius 2 is 2.00 bits per heavy atom. The van der Waals surface area contributed by atoms with Gasteiger partial charge in [0.15, 0.2) is 0 Å². The molecular formula is C25H39NO3. The molecule has 4 rings (SSSR count). The van der Waals surface area contributed by atoms with Gasteiger partial charge >= 0.3 is 0 Å². The largest absolute Gasteiger partial charge is 0.299 e. The summed E-state index contributed by atoms with van der Waals surface area (Å²) in [6.07, 6.45) is 14.3. The van der Waals surface area contributed by atoms with Gasteiger partial charge in [-0.15, -0.1) is 0 Å². The number of carbonyl (C=O) groups excluding carboxylic acids is 2. The van der Waals surface area contributed by atoms with Crippen molar-refractivity contribution in [3.63, 3.8) is 0 Å². The Hall–Kier alpha value is -1.16. The Bertz CT molecular complexity index is 700. The number of ketones is 1. The van der Waals surface area contributed by atoms with Crippen LogP contribution in [0.25, 0.3) is 0 Å². The fourth-order valence-corrected chi connectivity index (χ4v) is 7.82. The summed E-state index contributed by atoms with van der Waals surface area (Å²) in [7, 11) is 3.24. The molecule has 4 aliphatic rings. The van der Waals surface area contributed by atoms with Crippen molar-refractivity contribution in [2.24, 2.45) is 34.5 Å². The van der Waals surface area contributed by atoms with Crippen LogP contribution in [0.4, 0.5) is 0 Å². The van der Waals surface area contributed by atoms with Crippen molar-refractivity contribution in [2.45, 2.75) is 84.5 Å². The average molecular weight is 402 g/mol. The van der Waals surface area contributed by atoms with Crippen molar-refractivity contribution in [3.05, 3.63) is 11.6 Å². The van der Waals surface area contributed by atoms with Crippen molar-refractivity contribution in [1.82, 2.24) is 5.06 Å². The number of allylic oxidation sites excluding steroid dienone is 2. The molecule has 4 heteroatoms. The molecule has 0 bridgehead atoms. The number of nitrogens with zero attached hydrogens (tertiary/aromatic N) is 1. The van der Waals surface area contributed by atoms with Crippen molar-refractivity contribution >= 4 is 11.7 Å². The Balaban J connectivity index is 1.43. The second-order valence-corrected chi connectivity index (χ2v) is 10.8. The molecule has 0 aromatic rings. The Morgan fingerprint density at radius 3 is 2.76 bits per heavy atom. The molecule has 0 heterocycles. The number of carbonyl (C=O) groups is 2. The van der Waals surface area contributed by atoms with E-state index in [1.807, 2.05) is 0 Å². The molecule has 0 unspecified atom stereocenters. The van der Waals surface area contributed by atoms with Crippen molar-refractivity contribution in [3.8, 4) is 0 Å². The molecule has 0 N–H and O–H groups in total. The van der Waals surface area contributed by atoms with Crippen LogP contribution in [-0.4, -0.2) is 30.9 Å². The van der Waals surface area contributed by atoms with E-state index < -0.39 is 0 Å². The molecule has 29 heavy (non-hydrogen) atoms. The number of hydrogen-bond acceptors (Lipinski definition) is 3. The monoisotopic (exact) mass is 401 g/mol. The first kappa shape index (κ1) is 21.1. The maximum absolute atomic E-state index is 12.1. The molecule has 6 atom stereocenters. The minimum Gasteiger partial charge on any atom is -0.299 e. The van der Waals surface area contributed by atoms with Gasteiger partial charge in [0.2, 0.25) is 5.91 Å². The third-order valence-corrected chi connectivity index (χ3v) is 9.70. The van der Waals surface area contributed by atoms with E-state index in [1.54, 1.807) is 14.2 Å². The summed E-state index contributed by atoms with van der Waals surface area (Å²) in [5.41, 5.74) is 2.17. The Kier molecular flexibility index (Phi) is 5.69. The zero-order chi connectivity index (χ0) is 20.8. The van der Waals surface area contributed by atoms with Crippen LogP contribution in [-0.2, 0) is 14.4 Å². The van der Waals surface area contributed by atoms with E-state index in [0.29, 0.717) is 24.0 Å². The first-order valence-electron chi connectivity index (χ1n) is 11.8. The van der Waals surface area contributed by atoms with Crippen LogP contribution in [0.15, 0.2) is 11.6 Å². The molecule has 0 aromatic heterocycles. The molecule has 0 radical (unpaired) electrons. The molecule has 1 amide bonds. The third kappa shape index (κ3) is 3.49. The molecule has 0 aliphatic heterocycles. The summed E-state index contributed by atoms with van der Waals surface area (Å²) in [6, 6.07) is 0. The zero-order valence-corrected chi connectivity index (χ0v) is 18.8. The van der Waals surface area contributed by atoms with Gasteiger partial charge in [0.25, 0.3) is 0 Å². The minimum atomic E-state index is 0.0839. The van der Waals surface area contributed by atoms with Gasteiger partial charge in [-0.3, -0.25) is 14.4 Å². The Morgan fingerprint density at radius 1 is 1.21 bits per heavy atom. The highest BCUT2D eigenvalue weighted by Crippen LogP contribution is 2.66. The molecule has 0 spiro atoms. The zero-order valence-electron chi connectivity index (χ0n) is 18.8. The summed E-state index contributed by atoms with van der Waals surface area (Å²) in [5, 5.41) is 1.35. The van der Waals surface area contributed by atoms with Gasteiger partial charge < -0.3 is 0 Å².